The molecule has 0 saturated carbocycles. The summed E-state index contributed by atoms with van der Waals surface area (Å²) in [6, 6.07) is -4.82. The van der Waals surface area contributed by atoms with Crippen LogP contribution in [0.1, 0.15) is 24.2 Å². The third-order valence-electron chi connectivity index (χ3n) is 5.21. The predicted molar refractivity (Wildman–Crippen MR) is 133 cm³/mol. The molecule has 0 radical (unpaired) electrons. The zero-order chi connectivity index (χ0) is 27.4. The fourth-order valence-electron chi connectivity index (χ4n) is 3.28. The number of carbonyl (C=O) groups is 5. The second-order valence-electron chi connectivity index (χ2n) is 8.14. The molecule has 4 amide bonds. The largest absolute Gasteiger partial charge is 0.480 e. The van der Waals surface area contributed by atoms with Crippen molar-refractivity contribution >= 4 is 41.4 Å². The molecule has 16 heteroatoms. The Morgan fingerprint density at radius 1 is 0.919 bits per heavy atom. The van der Waals surface area contributed by atoms with Crippen LogP contribution in [-0.2, 0) is 36.8 Å². The standard InChI is InChI=1S/C21H31N9O6S/c1-37-3-2-14(19(33)30-16(21(35)36)6-17(23)31)28-20(34)15(5-12-8-25-10-27-12)29-18(32)13(22)4-11-7-24-9-26-11/h7-10,13-16H,2-6,22H2,1H3,(H2,23,31)(H,24,26)(H,25,27)(H,28,34)(H,29,32)(H,30,33)(H,35,36). The summed E-state index contributed by atoms with van der Waals surface area (Å²) < 4.78 is 0. The molecule has 15 nitrogen and oxygen atoms in total. The summed E-state index contributed by atoms with van der Waals surface area (Å²) in [5.41, 5.74) is 12.2. The molecule has 37 heavy (non-hydrogen) atoms. The highest BCUT2D eigenvalue weighted by Crippen LogP contribution is 2.06. The number of carboxylic acid groups (broad SMARTS) is 1. The highest BCUT2D eigenvalue weighted by Gasteiger charge is 2.31. The lowest BCUT2D eigenvalue weighted by Gasteiger charge is -2.25. The van der Waals surface area contributed by atoms with Crippen LogP contribution in [0.25, 0.3) is 0 Å². The number of primary amides is 1. The van der Waals surface area contributed by atoms with Gasteiger partial charge in [-0.25, -0.2) is 14.8 Å². The van der Waals surface area contributed by atoms with Crippen molar-refractivity contribution in [3.63, 3.8) is 0 Å². The van der Waals surface area contributed by atoms with Crippen molar-refractivity contribution < 1.29 is 29.1 Å². The summed E-state index contributed by atoms with van der Waals surface area (Å²) in [6.45, 7) is 0. The Labute approximate surface area is 216 Å². The fourth-order valence-corrected chi connectivity index (χ4v) is 3.75. The number of hydrogen-bond donors (Lipinski definition) is 8. The summed E-state index contributed by atoms with van der Waals surface area (Å²) in [5.74, 6) is -4.01. The zero-order valence-electron chi connectivity index (χ0n) is 20.1. The van der Waals surface area contributed by atoms with Crippen molar-refractivity contribution in [2.24, 2.45) is 11.5 Å². The monoisotopic (exact) mass is 537 g/mol. The maximum Gasteiger partial charge on any atom is 0.326 e. The predicted octanol–water partition coefficient (Wildman–Crippen LogP) is -2.59. The summed E-state index contributed by atoms with van der Waals surface area (Å²) in [5, 5.41) is 16.7. The molecule has 0 fully saturated rings. The summed E-state index contributed by atoms with van der Waals surface area (Å²) in [4.78, 5) is 74.9. The maximum absolute atomic E-state index is 13.2. The molecule has 202 valence electrons. The molecule has 10 N–H and O–H groups in total. The van der Waals surface area contributed by atoms with Gasteiger partial charge in [-0.2, -0.15) is 11.8 Å². The molecule has 0 aliphatic rings. The number of carbonyl (C=O) groups excluding carboxylic acids is 4. The number of amides is 4. The zero-order valence-corrected chi connectivity index (χ0v) is 20.9. The number of carboxylic acids is 1. The van der Waals surface area contributed by atoms with E-state index in [0.717, 1.165) is 0 Å². The van der Waals surface area contributed by atoms with E-state index in [1.54, 1.807) is 6.26 Å². The average molecular weight is 538 g/mol. The van der Waals surface area contributed by atoms with Crippen LogP contribution in [0.4, 0.5) is 0 Å². The molecular weight excluding hydrogens is 506 g/mol. The van der Waals surface area contributed by atoms with Crippen LogP contribution in [-0.4, -0.2) is 90.8 Å². The average Bonchev–Trinajstić information content (AvgIpc) is 3.54. The minimum absolute atomic E-state index is 0.0185. The number of rotatable bonds is 16. The number of aromatic amines is 2. The van der Waals surface area contributed by atoms with Crippen LogP contribution in [0.15, 0.2) is 25.0 Å². The van der Waals surface area contributed by atoms with E-state index in [0.29, 0.717) is 17.1 Å². The number of hydrogen-bond acceptors (Lipinski definition) is 9. The van der Waals surface area contributed by atoms with Gasteiger partial charge in [0, 0.05) is 36.6 Å². The Morgan fingerprint density at radius 3 is 1.97 bits per heavy atom. The molecule has 4 atom stereocenters. The van der Waals surface area contributed by atoms with Crippen molar-refractivity contribution in [1.29, 1.82) is 0 Å². The lowest BCUT2D eigenvalue weighted by Crippen LogP contribution is -2.58. The van der Waals surface area contributed by atoms with E-state index in [2.05, 4.69) is 35.9 Å². The van der Waals surface area contributed by atoms with Crippen molar-refractivity contribution in [3.05, 3.63) is 36.4 Å². The van der Waals surface area contributed by atoms with Gasteiger partial charge in [0.05, 0.1) is 25.1 Å². The fraction of sp³-hybridized carbons (Fsp3) is 0.476. The van der Waals surface area contributed by atoms with E-state index in [1.807, 2.05) is 0 Å². The van der Waals surface area contributed by atoms with Crippen LogP contribution in [0.2, 0.25) is 0 Å². The molecule has 0 bridgehead atoms. The maximum atomic E-state index is 13.2. The first-order valence-corrected chi connectivity index (χ1v) is 12.6. The number of nitrogens with one attached hydrogen (secondary N) is 5. The van der Waals surface area contributed by atoms with Gasteiger partial charge in [0.2, 0.25) is 23.6 Å². The normalized spacial score (nSPS) is 14.1. The van der Waals surface area contributed by atoms with Crippen LogP contribution in [0.3, 0.4) is 0 Å². The molecular formula is C21H31N9O6S. The SMILES string of the molecule is CSCCC(NC(=O)C(Cc1cnc[nH]1)NC(=O)C(N)Cc1cnc[nH]1)C(=O)NC(CC(N)=O)C(=O)O. The van der Waals surface area contributed by atoms with Gasteiger partial charge >= 0.3 is 5.97 Å². The second-order valence-corrected chi connectivity index (χ2v) is 9.13. The molecule has 0 spiro atoms. The summed E-state index contributed by atoms with van der Waals surface area (Å²) in [7, 11) is 0. The Bertz CT molecular complexity index is 1050. The van der Waals surface area contributed by atoms with E-state index < -0.39 is 60.2 Å². The third-order valence-corrected chi connectivity index (χ3v) is 5.85. The van der Waals surface area contributed by atoms with E-state index in [1.165, 1.54) is 36.8 Å². The molecule has 0 aliphatic carbocycles. The van der Waals surface area contributed by atoms with Gasteiger partial charge in [0.15, 0.2) is 0 Å². The first-order chi connectivity index (χ1) is 17.6. The topological polar surface area (TPSA) is 251 Å². The lowest BCUT2D eigenvalue weighted by atomic mass is 10.1. The number of H-pyrrole nitrogens is 2. The summed E-state index contributed by atoms with van der Waals surface area (Å²) >= 11 is 1.41. The van der Waals surface area contributed by atoms with Gasteiger partial charge in [-0.3, -0.25) is 19.2 Å². The summed E-state index contributed by atoms with van der Waals surface area (Å²) in [6.07, 6.45) is 7.39. The number of aromatic nitrogens is 4. The van der Waals surface area contributed by atoms with Crippen molar-refractivity contribution in [2.75, 3.05) is 12.0 Å². The van der Waals surface area contributed by atoms with Crippen molar-refractivity contribution in [1.82, 2.24) is 35.9 Å². The van der Waals surface area contributed by atoms with E-state index in [9.17, 15) is 29.1 Å². The van der Waals surface area contributed by atoms with Gasteiger partial charge in [-0.05, 0) is 18.4 Å². The highest BCUT2D eigenvalue weighted by atomic mass is 32.2. The third kappa shape index (κ3) is 9.92. The number of thioether (sulfide) groups is 1. The number of imidazole rings is 2. The van der Waals surface area contributed by atoms with Gasteiger partial charge in [0.25, 0.3) is 0 Å². The molecule has 0 aliphatic heterocycles. The molecule has 2 aromatic rings. The van der Waals surface area contributed by atoms with Crippen molar-refractivity contribution in [3.8, 4) is 0 Å². The van der Waals surface area contributed by atoms with E-state index >= 15 is 0 Å². The minimum atomic E-state index is -1.56. The second kappa shape index (κ2) is 14.6. The minimum Gasteiger partial charge on any atom is -0.480 e. The molecule has 0 saturated heterocycles. The van der Waals surface area contributed by atoms with Crippen LogP contribution < -0.4 is 27.4 Å². The number of nitrogens with two attached hydrogens (primary N) is 2. The van der Waals surface area contributed by atoms with E-state index in [-0.39, 0.29) is 19.3 Å². The quantitative estimate of drug-likeness (QED) is 0.111. The smallest absolute Gasteiger partial charge is 0.326 e. The van der Waals surface area contributed by atoms with Crippen LogP contribution in [0.5, 0.6) is 0 Å². The van der Waals surface area contributed by atoms with Crippen LogP contribution >= 0.6 is 11.8 Å². The first kappa shape index (κ1) is 29.3. The molecule has 2 rings (SSSR count). The van der Waals surface area contributed by atoms with Crippen molar-refractivity contribution in [2.45, 2.75) is 49.9 Å². The lowest BCUT2D eigenvalue weighted by molar-refractivity contribution is -0.143. The van der Waals surface area contributed by atoms with Gasteiger partial charge in [-0.15, -0.1) is 0 Å². The molecule has 4 unspecified atom stereocenters. The molecule has 0 aromatic carbocycles. The van der Waals surface area contributed by atoms with E-state index in [4.69, 9.17) is 11.5 Å². The first-order valence-electron chi connectivity index (χ1n) is 11.2. The number of aliphatic carboxylic acids is 1. The Kier molecular flexibility index (Phi) is 11.6. The Hall–Kier alpha value is -3.92. The van der Waals surface area contributed by atoms with Gasteiger partial charge in [-0.1, -0.05) is 0 Å². The molecule has 2 heterocycles. The van der Waals surface area contributed by atoms with Gasteiger partial charge in [0.1, 0.15) is 18.1 Å². The van der Waals surface area contributed by atoms with Crippen LogP contribution in [0, 0.1) is 0 Å². The van der Waals surface area contributed by atoms with Gasteiger partial charge < -0.3 is 42.5 Å². The Morgan fingerprint density at radius 2 is 1.46 bits per heavy atom. The Balaban J connectivity index is 2.15. The highest BCUT2D eigenvalue weighted by molar-refractivity contribution is 7.98. The number of nitrogens with zero attached hydrogens (tertiary/aromatic N) is 2. The molecule has 2 aromatic heterocycles.